The van der Waals surface area contributed by atoms with Gasteiger partial charge in [0.05, 0.1) is 19.6 Å². The minimum Gasteiger partial charge on any atom is -0.497 e. The first kappa shape index (κ1) is 19.5. The van der Waals surface area contributed by atoms with Gasteiger partial charge in [0.25, 0.3) is 5.92 Å². The second-order valence-electron chi connectivity index (χ2n) is 7.18. The van der Waals surface area contributed by atoms with Crippen LogP contribution in [0.1, 0.15) is 19.3 Å². The number of amides is 2. The molecule has 0 bridgehead atoms. The molecule has 8 heteroatoms. The van der Waals surface area contributed by atoms with Crippen molar-refractivity contribution >= 4 is 17.5 Å². The topological polar surface area (TPSA) is 61.9 Å². The molecule has 0 saturated carbocycles. The summed E-state index contributed by atoms with van der Waals surface area (Å²) in [5.74, 6) is -2.37. The normalized spacial score (nSPS) is 22.5. The van der Waals surface area contributed by atoms with Crippen LogP contribution in [0.25, 0.3) is 0 Å². The van der Waals surface area contributed by atoms with Crippen molar-refractivity contribution in [2.75, 3.05) is 45.2 Å². The zero-order chi connectivity index (χ0) is 19.4. The first-order chi connectivity index (χ1) is 12.9. The Morgan fingerprint density at radius 1 is 1.19 bits per heavy atom. The number of methoxy groups -OCH3 is 1. The number of hydrogen-bond acceptors (Lipinski definition) is 4. The third kappa shape index (κ3) is 5.15. The van der Waals surface area contributed by atoms with Crippen molar-refractivity contribution in [3.63, 3.8) is 0 Å². The van der Waals surface area contributed by atoms with E-state index in [1.165, 1.54) is 0 Å². The molecule has 1 atom stereocenters. The van der Waals surface area contributed by atoms with E-state index < -0.39 is 5.92 Å². The fourth-order valence-electron chi connectivity index (χ4n) is 3.57. The molecule has 148 valence electrons. The van der Waals surface area contributed by atoms with Crippen LogP contribution in [0.3, 0.4) is 0 Å². The smallest absolute Gasteiger partial charge is 0.251 e. The number of halogens is 2. The number of benzene rings is 1. The van der Waals surface area contributed by atoms with E-state index in [1.807, 2.05) is 4.90 Å². The van der Waals surface area contributed by atoms with Gasteiger partial charge < -0.3 is 15.0 Å². The molecule has 2 aliphatic heterocycles. The van der Waals surface area contributed by atoms with Crippen LogP contribution in [-0.4, -0.2) is 67.4 Å². The van der Waals surface area contributed by atoms with E-state index in [9.17, 15) is 18.4 Å². The maximum atomic E-state index is 13.2. The lowest BCUT2D eigenvalue weighted by Gasteiger charge is -2.33. The molecule has 1 aromatic rings. The number of likely N-dealkylation sites (tertiary alicyclic amines) is 2. The van der Waals surface area contributed by atoms with Gasteiger partial charge in [-0.1, -0.05) is 0 Å². The van der Waals surface area contributed by atoms with Crippen LogP contribution in [-0.2, 0) is 9.59 Å². The van der Waals surface area contributed by atoms with E-state index in [1.54, 1.807) is 36.3 Å². The highest BCUT2D eigenvalue weighted by molar-refractivity contribution is 5.92. The van der Waals surface area contributed by atoms with Gasteiger partial charge in [-0.2, -0.15) is 0 Å². The third-order valence-electron chi connectivity index (χ3n) is 5.17. The van der Waals surface area contributed by atoms with E-state index >= 15 is 0 Å². The van der Waals surface area contributed by atoms with Crippen molar-refractivity contribution in [2.45, 2.75) is 25.2 Å². The van der Waals surface area contributed by atoms with Crippen LogP contribution in [0, 0.1) is 5.92 Å². The van der Waals surface area contributed by atoms with Crippen LogP contribution in [0.2, 0.25) is 0 Å². The second-order valence-corrected chi connectivity index (χ2v) is 7.18. The van der Waals surface area contributed by atoms with E-state index in [0.29, 0.717) is 30.9 Å². The molecule has 0 spiro atoms. The quantitative estimate of drug-likeness (QED) is 0.850. The summed E-state index contributed by atoms with van der Waals surface area (Å²) in [6.45, 7) is 1.56. The summed E-state index contributed by atoms with van der Waals surface area (Å²) in [6.07, 6.45) is 0.125. The lowest BCUT2D eigenvalue weighted by molar-refractivity contribution is -0.141. The summed E-state index contributed by atoms with van der Waals surface area (Å²) < 4.78 is 31.6. The maximum Gasteiger partial charge on any atom is 0.251 e. The number of alkyl halides is 2. The molecule has 1 N–H and O–H groups in total. The first-order valence-electron chi connectivity index (χ1n) is 9.19. The van der Waals surface area contributed by atoms with Crippen molar-refractivity contribution in [3.8, 4) is 5.75 Å². The van der Waals surface area contributed by atoms with Crippen LogP contribution in [0.4, 0.5) is 14.5 Å². The SMILES string of the molecule is COc1ccc(NC(=O)CN2CCC(C(=O)N3CCC(F)(F)CC3)C2)cc1. The average molecular weight is 381 g/mol. The molecule has 2 heterocycles. The number of anilines is 1. The highest BCUT2D eigenvalue weighted by Gasteiger charge is 2.38. The highest BCUT2D eigenvalue weighted by atomic mass is 19.3. The van der Waals surface area contributed by atoms with Crippen molar-refractivity contribution < 1.29 is 23.1 Å². The number of carbonyl (C=O) groups excluding carboxylic acids is 2. The largest absolute Gasteiger partial charge is 0.497 e. The number of nitrogens with zero attached hydrogens (tertiary/aromatic N) is 2. The van der Waals surface area contributed by atoms with Crippen LogP contribution < -0.4 is 10.1 Å². The van der Waals surface area contributed by atoms with Gasteiger partial charge in [-0.3, -0.25) is 14.5 Å². The standard InChI is InChI=1S/C19H25F2N3O3/c1-27-16-4-2-15(3-5-16)22-17(25)13-23-9-6-14(12-23)18(26)24-10-7-19(20,21)8-11-24/h2-5,14H,6-13H2,1H3,(H,22,25). The van der Waals surface area contributed by atoms with Crippen LogP contribution in [0.15, 0.2) is 24.3 Å². The Balaban J connectivity index is 1.44. The molecule has 2 fully saturated rings. The zero-order valence-corrected chi connectivity index (χ0v) is 15.4. The first-order valence-corrected chi connectivity index (χ1v) is 9.19. The number of carbonyl (C=O) groups is 2. The fraction of sp³-hybridized carbons (Fsp3) is 0.579. The molecule has 0 radical (unpaired) electrons. The molecule has 0 aliphatic carbocycles. The number of piperidine rings is 1. The zero-order valence-electron chi connectivity index (χ0n) is 15.4. The van der Waals surface area contributed by atoms with Crippen LogP contribution in [0.5, 0.6) is 5.75 Å². The van der Waals surface area contributed by atoms with Crippen molar-refractivity contribution in [3.05, 3.63) is 24.3 Å². The predicted octanol–water partition coefficient (Wildman–Crippen LogP) is 2.21. The summed E-state index contributed by atoms with van der Waals surface area (Å²) in [7, 11) is 1.58. The van der Waals surface area contributed by atoms with E-state index in [4.69, 9.17) is 4.74 Å². The molecule has 1 unspecified atom stereocenters. The lowest BCUT2D eigenvalue weighted by atomic mass is 10.0. The number of nitrogens with one attached hydrogen (secondary N) is 1. The van der Waals surface area contributed by atoms with Gasteiger partial charge in [0.2, 0.25) is 11.8 Å². The van der Waals surface area contributed by atoms with Crippen molar-refractivity contribution in [2.24, 2.45) is 5.92 Å². The number of ether oxygens (including phenoxy) is 1. The lowest BCUT2D eigenvalue weighted by Crippen LogP contribution is -2.45. The average Bonchev–Trinajstić information content (AvgIpc) is 3.10. The Kier molecular flexibility index (Phi) is 5.94. The van der Waals surface area contributed by atoms with Gasteiger partial charge in [0, 0.05) is 38.2 Å². The Bertz CT molecular complexity index is 671. The van der Waals surface area contributed by atoms with Crippen molar-refractivity contribution in [1.82, 2.24) is 9.80 Å². The minimum atomic E-state index is -2.65. The third-order valence-corrected chi connectivity index (χ3v) is 5.17. The summed E-state index contributed by atoms with van der Waals surface area (Å²) in [6, 6.07) is 7.06. The maximum absolute atomic E-state index is 13.2. The summed E-state index contributed by atoms with van der Waals surface area (Å²) in [4.78, 5) is 28.2. The van der Waals surface area contributed by atoms with Crippen molar-refractivity contribution in [1.29, 1.82) is 0 Å². The monoisotopic (exact) mass is 381 g/mol. The van der Waals surface area contributed by atoms with Gasteiger partial charge >= 0.3 is 0 Å². The molecule has 2 saturated heterocycles. The van der Waals surface area contributed by atoms with Crippen LogP contribution >= 0.6 is 0 Å². The van der Waals surface area contributed by atoms with Gasteiger partial charge in [-0.25, -0.2) is 8.78 Å². The molecule has 3 rings (SSSR count). The summed E-state index contributed by atoms with van der Waals surface area (Å²) in [5.41, 5.74) is 0.682. The predicted molar refractivity (Wildman–Crippen MR) is 96.9 cm³/mol. The molecule has 0 aromatic heterocycles. The van der Waals surface area contributed by atoms with E-state index in [0.717, 1.165) is 0 Å². The Labute approximate surface area is 157 Å². The molecular formula is C19H25F2N3O3. The van der Waals surface area contributed by atoms with E-state index in [2.05, 4.69) is 5.32 Å². The van der Waals surface area contributed by atoms with E-state index in [-0.39, 0.29) is 50.2 Å². The van der Waals surface area contributed by atoms with Gasteiger partial charge in [-0.05, 0) is 37.2 Å². The molecule has 2 amide bonds. The Hall–Kier alpha value is -2.22. The van der Waals surface area contributed by atoms with Gasteiger partial charge in [0.15, 0.2) is 0 Å². The molecule has 6 nitrogen and oxygen atoms in total. The van der Waals surface area contributed by atoms with Gasteiger partial charge in [0.1, 0.15) is 5.75 Å². The number of rotatable bonds is 5. The number of hydrogen-bond donors (Lipinski definition) is 1. The Morgan fingerprint density at radius 2 is 1.85 bits per heavy atom. The molecule has 27 heavy (non-hydrogen) atoms. The molecule has 1 aromatic carbocycles. The highest BCUT2D eigenvalue weighted by Crippen LogP contribution is 2.29. The van der Waals surface area contributed by atoms with Gasteiger partial charge in [-0.15, -0.1) is 0 Å². The summed E-state index contributed by atoms with van der Waals surface area (Å²) >= 11 is 0. The summed E-state index contributed by atoms with van der Waals surface area (Å²) in [5, 5.41) is 2.82. The fourth-order valence-corrected chi connectivity index (χ4v) is 3.57. The molecular weight excluding hydrogens is 356 g/mol. The minimum absolute atomic E-state index is 0.0661. The molecule has 2 aliphatic rings. The Morgan fingerprint density at radius 3 is 2.48 bits per heavy atom. The second kappa shape index (κ2) is 8.21.